The van der Waals surface area contributed by atoms with E-state index in [1.165, 1.54) is 0 Å². The molecule has 1 aromatic heterocycles. The van der Waals surface area contributed by atoms with Crippen LogP contribution in [-0.4, -0.2) is 25.5 Å². The van der Waals surface area contributed by atoms with Crippen LogP contribution in [0.25, 0.3) is 0 Å². The summed E-state index contributed by atoms with van der Waals surface area (Å²) in [5.74, 6) is 0.415. The maximum absolute atomic E-state index is 11.8. The van der Waals surface area contributed by atoms with Crippen molar-refractivity contribution in [3.8, 4) is 0 Å². The molecule has 0 atom stereocenters. The normalized spacial score (nSPS) is 12.9. The van der Waals surface area contributed by atoms with Crippen LogP contribution in [0.1, 0.15) is 0 Å². The average molecular weight is 255 g/mol. The Morgan fingerprint density at radius 1 is 1.19 bits per heavy atom. The number of hydrogen-bond donors (Lipinski definition) is 1. The fourth-order valence-corrected chi connectivity index (χ4v) is 4.14. The first-order valence-corrected chi connectivity index (χ1v) is 12.4. The highest BCUT2D eigenvalue weighted by atomic mass is 28.3. The van der Waals surface area contributed by atoms with Crippen molar-refractivity contribution in [2.45, 2.75) is 39.3 Å². The molecule has 6 heteroatoms. The van der Waals surface area contributed by atoms with E-state index in [1.54, 1.807) is 4.23 Å². The molecule has 0 amide bonds. The highest BCUT2D eigenvalue weighted by molar-refractivity contribution is 6.89. The lowest BCUT2D eigenvalue weighted by Crippen LogP contribution is -2.49. The van der Waals surface area contributed by atoms with Gasteiger partial charge in [-0.2, -0.15) is 4.98 Å². The van der Waals surface area contributed by atoms with Crippen LogP contribution in [0.15, 0.2) is 11.0 Å². The molecule has 0 saturated heterocycles. The van der Waals surface area contributed by atoms with E-state index in [1.807, 2.05) is 6.20 Å². The highest BCUT2D eigenvalue weighted by Crippen LogP contribution is 2.07. The van der Waals surface area contributed by atoms with E-state index in [0.29, 0.717) is 5.82 Å². The van der Waals surface area contributed by atoms with E-state index >= 15 is 0 Å². The number of nitrogen functional groups attached to an aromatic ring is 1. The molecule has 2 N–H and O–H groups in total. The Bertz CT molecular complexity index is 455. The Hall–Kier alpha value is -0.886. The number of rotatable bonds is 2. The van der Waals surface area contributed by atoms with Gasteiger partial charge in [-0.05, 0) is 5.19 Å². The summed E-state index contributed by atoms with van der Waals surface area (Å²) in [6, 6.07) is 0. The van der Waals surface area contributed by atoms with Crippen LogP contribution in [0.5, 0.6) is 0 Å². The maximum Gasteiger partial charge on any atom is 0.341 e. The second-order valence-corrected chi connectivity index (χ2v) is 16.0. The van der Waals surface area contributed by atoms with Crippen molar-refractivity contribution < 1.29 is 0 Å². The minimum atomic E-state index is -1.70. The third-order valence-corrected chi connectivity index (χ3v) is 6.25. The Morgan fingerprint density at radius 2 is 1.69 bits per heavy atom. The van der Waals surface area contributed by atoms with Gasteiger partial charge in [-0.3, -0.25) is 0 Å². The van der Waals surface area contributed by atoms with E-state index in [-0.39, 0.29) is 5.69 Å². The SMILES string of the molecule is C[Si](C)(C)c1cn([Si](C)(C)C)c(=O)nc1N. The topological polar surface area (TPSA) is 60.9 Å². The summed E-state index contributed by atoms with van der Waals surface area (Å²) in [7, 11) is -3.24. The number of hydrogen-bond acceptors (Lipinski definition) is 3. The number of nitrogens with zero attached hydrogens (tertiary/aromatic N) is 2. The molecular formula is C10H21N3OSi2. The Balaban J connectivity index is 3.52. The molecule has 90 valence electrons. The molecule has 0 radical (unpaired) electrons. The van der Waals surface area contributed by atoms with Gasteiger partial charge in [0.1, 0.15) is 5.82 Å². The third-order valence-electron chi connectivity index (χ3n) is 2.49. The van der Waals surface area contributed by atoms with Gasteiger partial charge in [-0.25, -0.2) is 4.79 Å². The number of nitrogens with two attached hydrogens (primary N) is 1. The second-order valence-electron chi connectivity index (χ2n) is 6.11. The van der Waals surface area contributed by atoms with Crippen molar-refractivity contribution in [3.05, 3.63) is 16.7 Å². The van der Waals surface area contributed by atoms with Gasteiger partial charge in [0.05, 0.1) is 8.07 Å². The molecular weight excluding hydrogens is 234 g/mol. The van der Waals surface area contributed by atoms with Crippen molar-refractivity contribution in [2.24, 2.45) is 0 Å². The first-order chi connectivity index (χ1) is 7.03. The molecule has 0 bridgehead atoms. The minimum absolute atomic E-state index is 0.210. The zero-order valence-electron chi connectivity index (χ0n) is 11.0. The lowest BCUT2D eigenvalue weighted by Gasteiger charge is -2.24. The molecule has 0 fully saturated rings. The summed E-state index contributed by atoms with van der Waals surface area (Å²) < 4.78 is 1.80. The lowest BCUT2D eigenvalue weighted by atomic mass is 10.6. The third kappa shape index (κ3) is 2.62. The summed E-state index contributed by atoms with van der Waals surface area (Å²) in [6.07, 6.45) is 1.95. The molecule has 0 saturated carbocycles. The van der Waals surface area contributed by atoms with E-state index in [4.69, 9.17) is 5.73 Å². The van der Waals surface area contributed by atoms with Gasteiger partial charge in [-0.1, -0.05) is 39.3 Å². The van der Waals surface area contributed by atoms with Gasteiger partial charge < -0.3 is 9.97 Å². The van der Waals surface area contributed by atoms with Crippen LogP contribution in [0, 0.1) is 0 Å². The van der Waals surface area contributed by atoms with Gasteiger partial charge >= 0.3 is 5.69 Å². The van der Waals surface area contributed by atoms with Gasteiger partial charge in [-0.15, -0.1) is 0 Å². The van der Waals surface area contributed by atoms with Crippen molar-refractivity contribution in [2.75, 3.05) is 5.73 Å². The summed E-state index contributed by atoms with van der Waals surface area (Å²) in [6.45, 7) is 13.0. The van der Waals surface area contributed by atoms with Crippen LogP contribution in [0.3, 0.4) is 0 Å². The van der Waals surface area contributed by atoms with Gasteiger partial charge in [0, 0.05) is 6.20 Å². The van der Waals surface area contributed by atoms with Crippen LogP contribution in [0.2, 0.25) is 39.3 Å². The molecule has 0 aliphatic rings. The van der Waals surface area contributed by atoms with Crippen LogP contribution in [0.4, 0.5) is 5.82 Å². The summed E-state index contributed by atoms with van der Waals surface area (Å²) in [5.41, 5.74) is 5.64. The van der Waals surface area contributed by atoms with Gasteiger partial charge in [0.15, 0.2) is 8.24 Å². The van der Waals surface area contributed by atoms with Crippen molar-refractivity contribution in [3.63, 3.8) is 0 Å². The van der Waals surface area contributed by atoms with E-state index in [0.717, 1.165) is 5.19 Å². The standard InChI is InChI=1S/C10H21N3OSi2/c1-15(2,3)8-7-13(16(4,5)6)10(14)12-9(8)11/h7H,1-6H3,(H2,11,12,14). The maximum atomic E-state index is 11.8. The quantitative estimate of drug-likeness (QED) is 0.804. The Labute approximate surface area is 98.6 Å². The minimum Gasteiger partial charge on any atom is -0.384 e. The monoisotopic (exact) mass is 255 g/mol. The zero-order valence-corrected chi connectivity index (χ0v) is 13.0. The van der Waals surface area contributed by atoms with Crippen molar-refractivity contribution >= 4 is 27.3 Å². The molecule has 0 unspecified atom stereocenters. The number of anilines is 1. The second kappa shape index (κ2) is 3.85. The molecule has 1 aromatic rings. The van der Waals surface area contributed by atoms with E-state index in [2.05, 4.69) is 44.3 Å². The smallest absolute Gasteiger partial charge is 0.341 e. The molecule has 16 heavy (non-hydrogen) atoms. The molecule has 1 heterocycles. The molecule has 4 nitrogen and oxygen atoms in total. The molecule has 0 aliphatic heterocycles. The summed E-state index contributed by atoms with van der Waals surface area (Å²) in [4.78, 5) is 15.7. The fourth-order valence-electron chi connectivity index (χ4n) is 1.53. The van der Waals surface area contributed by atoms with Gasteiger partial charge in [0.2, 0.25) is 0 Å². The van der Waals surface area contributed by atoms with Crippen LogP contribution < -0.4 is 16.6 Å². The molecule has 1 rings (SSSR count). The molecule has 0 aromatic carbocycles. The predicted octanol–water partition coefficient (Wildman–Crippen LogP) is 1.05. The van der Waals surface area contributed by atoms with E-state index < -0.39 is 16.3 Å². The first-order valence-electron chi connectivity index (χ1n) is 5.43. The van der Waals surface area contributed by atoms with Gasteiger partial charge in [0.25, 0.3) is 0 Å². The summed E-state index contributed by atoms with van der Waals surface area (Å²) >= 11 is 0. The molecule has 0 spiro atoms. The largest absolute Gasteiger partial charge is 0.384 e. The average Bonchev–Trinajstić information content (AvgIpc) is 1.97. The Morgan fingerprint density at radius 3 is 2.06 bits per heavy atom. The molecule has 0 aliphatic carbocycles. The van der Waals surface area contributed by atoms with Crippen molar-refractivity contribution in [1.29, 1.82) is 0 Å². The van der Waals surface area contributed by atoms with Crippen molar-refractivity contribution in [1.82, 2.24) is 9.22 Å². The first kappa shape index (κ1) is 13.2. The fraction of sp³-hybridized carbons (Fsp3) is 0.600. The number of aromatic nitrogens is 2. The van der Waals surface area contributed by atoms with Crippen LogP contribution >= 0.6 is 0 Å². The Kier molecular flexibility index (Phi) is 3.17. The lowest BCUT2D eigenvalue weighted by molar-refractivity contribution is 0.973. The van der Waals surface area contributed by atoms with Crippen LogP contribution in [-0.2, 0) is 0 Å². The summed E-state index contributed by atoms with van der Waals surface area (Å²) in [5, 5.41) is 1.08. The predicted molar refractivity (Wildman–Crippen MR) is 74.6 cm³/mol. The highest BCUT2D eigenvalue weighted by Gasteiger charge is 2.25. The van der Waals surface area contributed by atoms with E-state index in [9.17, 15) is 4.79 Å². The zero-order chi connectivity index (χ0) is 12.7.